The van der Waals surface area contributed by atoms with Crippen LogP contribution >= 0.6 is 0 Å². The first-order valence-corrected chi connectivity index (χ1v) is 7.80. The summed E-state index contributed by atoms with van der Waals surface area (Å²) in [6.07, 6.45) is 3.05. The number of nitrogens with zero attached hydrogens (tertiary/aromatic N) is 1. The Balaban J connectivity index is 1.62. The minimum atomic E-state index is -0.110. The number of hydrogen-bond donors (Lipinski definition) is 2. The highest BCUT2D eigenvalue weighted by molar-refractivity contribution is 5.84. The number of amides is 1. The Morgan fingerprint density at radius 3 is 2.67 bits per heavy atom. The van der Waals surface area contributed by atoms with Gasteiger partial charge in [-0.25, -0.2) is 0 Å². The lowest BCUT2D eigenvalue weighted by molar-refractivity contribution is -0.121. The predicted molar refractivity (Wildman–Crippen MR) is 83.7 cm³/mol. The molecule has 2 saturated heterocycles. The van der Waals surface area contributed by atoms with Gasteiger partial charge in [0.2, 0.25) is 5.91 Å². The van der Waals surface area contributed by atoms with Crippen molar-refractivity contribution in [3.63, 3.8) is 0 Å². The summed E-state index contributed by atoms with van der Waals surface area (Å²) in [5.41, 5.74) is 2.23. The molecule has 2 heterocycles. The molecule has 3 rings (SSSR count). The van der Waals surface area contributed by atoms with Gasteiger partial charge < -0.3 is 20.3 Å². The van der Waals surface area contributed by atoms with Gasteiger partial charge in [-0.05, 0) is 43.5 Å². The van der Waals surface area contributed by atoms with Crippen LogP contribution in [0.25, 0.3) is 0 Å². The molecule has 1 aromatic carbocycles. The number of carbonyl (C=O) groups is 1. The lowest BCUT2D eigenvalue weighted by Crippen LogP contribution is -2.38. The van der Waals surface area contributed by atoms with Crippen molar-refractivity contribution in [1.29, 1.82) is 0 Å². The molecule has 114 valence electrons. The summed E-state index contributed by atoms with van der Waals surface area (Å²) in [7, 11) is 0. The van der Waals surface area contributed by atoms with Crippen LogP contribution in [0.15, 0.2) is 24.3 Å². The highest BCUT2D eigenvalue weighted by Gasteiger charge is 2.20. The lowest BCUT2D eigenvalue weighted by Gasteiger charge is -2.29. The minimum absolute atomic E-state index is 0.110. The van der Waals surface area contributed by atoms with Crippen LogP contribution < -0.4 is 15.5 Å². The first-order chi connectivity index (χ1) is 10.3. The quantitative estimate of drug-likeness (QED) is 0.887. The Labute approximate surface area is 125 Å². The van der Waals surface area contributed by atoms with Crippen LogP contribution in [0.1, 0.15) is 19.3 Å². The van der Waals surface area contributed by atoms with Gasteiger partial charge in [-0.2, -0.15) is 0 Å². The summed E-state index contributed by atoms with van der Waals surface area (Å²) in [4.78, 5) is 14.3. The largest absolute Gasteiger partial charge is 0.378 e. The number of benzene rings is 1. The van der Waals surface area contributed by atoms with Gasteiger partial charge >= 0.3 is 0 Å². The molecule has 2 fully saturated rings. The Morgan fingerprint density at radius 2 is 1.90 bits per heavy atom. The van der Waals surface area contributed by atoms with E-state index in [1.54, 1.807) is 0 Å². The molecular formula is C16H23N3O2. The van der Waals surface area contributed by atoms with Crippen molar-refractivity contribution >= 4 is 17.3 Å². The smallest absolute Gasteiger partial charge is 0.242 e. The zero-order valence-electron chi connectivity index (χ0n) is 12.3. The first kappa shape index (κ1) is 14.2. The molecule has 2 N–H and O–H groups in total. The summed E-state index contributed by atoms with van der Waals surface area (Å²) in [5, 5.41) is 6.30. The minimum Gasteiger partial charge on any atom is -0.378 e. The predicted octanol–water partition coefficient (Wildman–Crippen LogP) is 1.60. The molecule has 5 nitrogen and oxygen atoms in total. The molecule has 0 bridgehead atoms. The Hall–Kier alpha value is -1.75. The maximum absolute atomic E-state index is 11.9. The van der Waals surface area contributed by atoms with Gasteiger partial charge in [0.1, 0.15) is 6.04 Å². The van der Waals surface area contributed by atoms with Crippen molar-refractivity contribution in [1.82, 2.24) is 5.32 Å². The van der Waals surface area contributed by atoms with Gasteiger partial charge in [0.05, 0.1) is 13.2 Å². The Bertz CT molecular complexity index is 469. The fourth-order valence-corrected chi connectivity index (χ4v) is 2.87. The number of nitrogens with one attached hydrogen (secondary N) is 2. The molecule has 0 radical (unpaired) electrons. The average Bonchev–Trinajstić information content (AvgIpc) is 2.74. The SMILES string of the molecule is O=C1NCCCCC1Nc1ccc(N2CCOCC2)cc1. The molecule has 21 heavy (non-hydrogen) atoms. The van der Waals surface area contributed by atoms with E-state index in [9.17, 15) is 4.79 Å². The van der Waals surface area contributed by atoms with Crippen molar-refractivity contribution in [2.45, 2.75) is 25.3 Å². The summed E-state index contributed by atoms with van der Waals surface area (Å²) in [6.45, 7) is 4.27. The summed E-state index contributed by atoms with van der Waals surface area (Å²) in [6, 6.07) is 8.23. The van der Waals surface area contributed by atoms with E-state index in [1.807, 2.05) is 0 Å². The van der Waals surface area contributed by atoms with Crippen molar-refractivity contribution in [3.8, 4) is 0 Å². The van der Waals surface area contributed by atoms with E-state index in [1.165, 1.54) is 5.69 Å². The molecular weight excluding hydrogens is 266 g/mol. The number of morpholine rings is 1. The standard InChI is InChI=1S/C16H23N3O2/c20-16-15(3-1-2-8-17-16)18-13-4-6-14(7-5-13)19-9-11-21-12-10-19/h4-7,15,18H,1-3,8-12H2,(H,17,20). The zero-order chi connectivity index (χ0) is 14.5. The van der Waals surface area contributed by atoms with E-state index in [-0.39, 0.29) is 11.9 Å². The van der Waals surface area contributed by atoms with E-state index in [0.717, 1.165) is 57.8 Å². The number of rotatable bonds is 3. The van der Waals surface area contributed by atoms with E-state index < -0.39 is 0 Å². The molecule has 1 atom stereocenters. The van der Waals surface area contributed by atoms with Crippen LogP contribution in [0.5, 0.6) is 0 Å². The van der Waals surface area contributed by atoms with E-state index in [4.69, 9.17) is 4.74 Å². The van der Waals surface area contributed by atoms with Gasteiger partial charge in [0, 0.05) is 31.0 Å². The molecule has 1 amide bonds. The topological polar surface area (TPSA) is 53.6 Å². The molecule has 5 heteroatoms. The van der Waals surface area contributed by atoms with Gasteiger partial charge in [0.15, 0.2) is 0 Å². The molecule has 1 aromatic rings. The van der Waals surface area contributed by atoms with Crippen molar-refractivity contribution in [3.05, 3.63) is 24.3 Å². The number of hydrogen-bond acceptors (Lipinski definition) is 4. The molecule has 0 aliphatic carbocycles. The molecule has 0 spiro atoms. The molecule has 2 aliphatic heterocycles. The van der Waals surface area contributed by atoms with Gasteiger partial charge in [0.25, 0.3) is 0 Å². The van der Waals surface area contributed by atoms with Crippen LogP contribution in [-0.2, 0) is 9.53 Å². The Kier molecular flexibility index (Phi) is 4.60. The second-order valence-electron chi connectivity index (χ2n) is 5.63. The number of carbonyl (C=O) groups excluding carboxylic acids is 1. The summed E-state index contributed by atoms with van der Waals surface area (Å²) >= 11 is 0. The van der Waals surface area contributed by atoms with Crippen LogP contribution in [0.4, 0.5) is 11.4 Å². The highest BCUT2D eigenvalue weighted by Crippen LogP contribution is 2.20. The fourth-order valence-electron chi connectivity index (χ4n) is 2.87. The van der Waals surface area contributed by atoms with E-state index in [2.05, 4.69) is 39.8 Å². The summed E-state index contributed by atoms with van der Waals surface area (Å²) < 4.78 is 5.37. The van der Waals surface area contributed by atoms with Gasteiger partial charge in [-0.1, -0.05) is 0 Å². The third kappa shape index (κ3) is 3.67. The lowest BCUT2D eigenvalue weighted by atomic mass is 10.1. The molecule has 0 saturated carbocycles. The van der Waals surface area contributed by atoms with Crippen LogP contribution in [0, 0.1) is 0 Å². The third-order valence-electron chi connectivity index (χ3n) is 4.12. The second-order valence-corrected chi connectivity index (χ2v) is 5.63. The number of ether oxygens (including phenoxy) is 1. The van der Waals surface area contributed by atoms with Crippen LogP contribution in [-0.4, -0.2) is 44.8 Å². The normalized spacial score (nSPS) is 23.3. The zero-order valence-corrected chi connectivity index (χ0v) is 12.3. The van der Waals surface area contributed by atoms with E-state index in [0.29, 0.717) is 0 Å². The maximum atomic E-state index is 11.9. The highest BCUT2D eigenvalue weighted by atomic mass is 16.5. The number of anilines is 2. The summed E-state index contributed by atoms with van der Waals surface area (Å²) in [5.74, 6) is 0.116. The van der Waals surface area contributed by atoms with Crippen molar-refractivity contribution in [2.75, 3.05) is 43.1 Å². The van der Waals surface area contributed by atoms with E-state index >= 15 is 0 Å². The molecule has 2 aliphatic rings. The monoisotopic (exact) mass is 289 g/mol. The van der Waals surface area contributed by atoms with Crippen molar-refractivity contribution < 1.29 is 9.53 Å². The third-order valence-corrected chi connectivity index (χ3v) is 4.12. The molecule has 1 unspecified atom stereocenters. The van der Waals surface area contributed by atoms with Crippen molar-refractivity contribution in [2.24, 2.45) is 0 Å². The second kappa shape index (κ2) is 6.80. The van der Waals surface area contributed by atoms with Gasteiger partial charge in [-0.3, -0.25) is 4.79 Å². The fraction of sp³-hybridized carbons (Fsp3) is 0.562. The maximum Gasteiger partial charge on any atom is 0.242 e. The van der Waals surface area contributed by atoms with Gasteiger partial charge in [-0.15, -0.1) is 0 Å². The molecule has 0 aromatic heterocycles. The van der Waals surface area contributed by atoms with Crippen LogP contribution in [0.2, 0.25) is 0 Å². The van der Waals surface area contributed by atoms with Crippen LogP contribution in [0.3, 0.4) is 0 Å². The first-order valence-electron chi connectivity index (χ1n) is 7.80. The average molecular weight is 289 g/mol. The Morgan fingerprint density at radius 1 is 1.14 bits per heavy atom.